The second-order valence-electron chi connectivity index (χ2n) is 4.44. The van der Waals surface area contributed by atoms with Gasteiger partial charge in [0.25, 0.3) is 0 Å². The Kier molecular flexibility index (Phi) is 2.53. The molecule has 2 fully saturated rings. The van der Waals surface area contributed by atoms with Gasteiger partial charge in [0, 0.05) is 6.54 Å². The molecule has 2 heterocycles. The lowest BCUT2D eigenvalue weighted by Crippen LogP contribution is -2.63. The van der Waals surface area contributed by atoms with Crippen molar-refractivity contribution >= 4 is 0 Å². The van der Waals surface area contributed by atoms with E-state index >= 15 is 0 Å². The molecule has 2 saturated heterocycles. The van der Waals surface area contributed by atoms with Gasteiger partial charge in [0.15, 0.2) is 5.79 Å². The molecule has 6 nitrogen and oxygen atoms in total. The van der Waals surface area contributed by atoms with Crippen LogP contribution in [0.15, 0.2) is 0 Å². The standard InChI is InChI=1S/C9H17NO5/c1-8(2)14-5-3-13-9(12,4-10)7(11)6(5)15-8/h5-7,11-12H,3-4,10H2,1-2H3/t5-,6?,7+,9-/m1/s1. The SMILES string of the molecule is CC1(C)OC2[C@@H](CO[C@](O)(CN)[C@H]2O)O1. The fraction of sp³-hybridized carbons (Fsp3) is 1.00. The molecule has 2 aliphatic heterocycles. The number of aliphatic hydroxyl groups excluding tert-OH is 1. The number of aliphatic hydroxyl groups is 2. The lowest BCUT2D eigenvalue weighted by atomic mass is 9.97. The first kappa shape index (κ1) is 11.3. The number of fused-ring (bicyclic) bond motifs is 1. The van der Waals surface area contributed by atoms with E-state index in [0.29, 0.717) is 0 Å². The predicted octanol–water partition coefficient (Wildman–Crippen LogP) is -1.46. The minimum absolute atomic E-state index is 0.166. The minimum atomic E-state index is -1.73. The number of ether oxygens (including phenoxy) is 3. The van der Waals surface area contributed by atoms with E-state index in [9.17, 15) is 10.2 Å². The van der Waals surface area contributed by atoms with Crippen LogP contribution in [0, 0.1) is 0 Å². The van der Waals surface area contributed by atoms with Crippen LogP contribution in [0.2, 0.25) is 0 Å². The number of nitrogens with two attached hydrogens (primary N) is 1. The van der Waals surface area contributed by atoms with Crippen LogP contribution in [0.4, 0.5) is 0 Å². The van der Waals surface area contributed by atoms with E-state index in [2.05, 4.69) is 0 Å². The molecule has 0 aliphatic carbocycles. The van der Waals surface area contributed by atoms with Crippen molar-refractivity contribution in [3.8, 4) is 0 Å². The van der Waals surface area contributed by atoms with Crippen LogP contribution >= 0.6 is 0 Å². The average molecular weight is 219 g/mol. The first-order valence-corrected chi connectivity index (χ1v) is 4.98. The highest BCUT2D eigenvalue weighted by atomic mass is 16.8. The van der Waals surface area contributed by atoms with Crippen LogP contribution in [-0.4, -0.2) is 53.3 Å². The average Bonchev–Trinajstić information content (AvgIpc) is 2.48. The molecule has 15 heavy (non-hydrogen) atoms. The zero-order valence-corrected chi connectivity index (χ0v) is 8.84. The summed E-state index contributed by atoms with van der Waals surface area (Å²) in [6.07, 6.45) is -2.15. The summed E-state index contributed by atoms with van der Waals surface area (Å²) in [5.41, 5.74) is 5.35. The summed E-state index contributed by atoms with van der Waals surface area (Å²) in [5, 5.41) is 19.7. The fourth-order valence-corrected chi connectivity index (χ4v) is 2.01. The van der Waals surface area contributed by atoms with Gasteiger partial charge in [0.1, 0.15) is 18.3 Å². The summed E-state index contributed by atoms with van der Waals surface area (Å²) >= 11 is 0. The van der Waals surface area contributed by atoms with Crippen molar-refractivity contribution in [2.75, 3.05) is 13.2 Å². The summed E-state index contributed by atoms with van der Waals surface area (Å²) < 4.78 is 16.1. The van der Waals surface area contributed by atoms with Crippen molar-refractivity contribution in [1.82, 2.24) is 0 Å². The first-order chi connectivity index (χ1) is 6.88. The number of hydrogen-bond acceptors (Lipinski definition) is 6. The molecule has 0 amide bonds. The third kappa shape index (κ3) is 1.77. The molecule has 0 spiro atoms. The van der Waals surface area contributed by atoms with E-state index < -0.39 is 23.8 Å². The molecule has 2 rings (SSSR count). The predicted molar refractivity (Wildman–Crippen MR) is 49.8 cm³/mol. The Morgan fingerprint density at radius 2 is 2.07 bits per heavy atom. The summed E-state index contributed by atoms with van der Waals surface area (Å²) in [7, 11) is 0. The molecule has 2 aliphatic rings. The zero-order chi connectivity index (χ0) is 11.3. The molecule has 88 valence electrons. The molecule has 4 N–H and O–H groups in total. The minimum Gasteiger partial charge on any atom is -0.385 e. The maximum atomic E-state index is 9.87. The van der Waals surface area contributed by atoms with E-state index in [1.165, 1.54) is 0 Å². The van der Waals surface area contributed by atoms with E-state index in [1.807, 2.05) is 0 Å². The molecule has 0 radical (unpaired) electrons. The van der Waals surface area contributed by atoms with E-state index in [-0.39, 0.29) is 19.3 Å². The summed E-state index contributed by atoms with van der Waals surface area (Å²) in [5.74, 6) is -2.50. The Morgan fingerprint density at radius 3 is 2.67 bits per heavy atom. The van der Waals surface area contributed by atoms with E-state index in [0.717, 1.165) is 0 Å². The van der Waals surface area contributed by atoms with Crippen molar-refractivity contribution in [2.24, 2.45) is 5.73 Å². The first-order valence-electron chi connectivity index (χ1n) is 4.98. The van der Waals surface area contributed by atoms with Crippen molar-refractivity contribution in [3.05, 3.63) is 0 Å². The Bertz CT molecular complexity index is 259. The Morgan fingerprint density at radius 1 is 1.40 bits per heavy atom. The molecule has 0 aromatic heterocycles. The number of hydrogen-bond donors (Lipinski definition) is 3. The molecule has 0 aromatic rings. The van der Waals surface area contributed by atoms with Gasteiger partial charge in [-0.05, 0) is 13.8 Å². The van der Waals surface area contributed by atoms with Crippen molar-refractivity contribution < 1.29 is 24.4 Å². The van der Waals surface area contributed by atoms with Gasteiger partial charge >= 0.3 is 0 Å². The smallest absolute Gasteiger partial charge is 0.207 e. The van der Waals surface area contributed by atoms with Crippen LogP contribution in [0.1, 0.15) is 13.8 Å². The highest BCUT2D eigenvalue weighted by molar-refractivity contribution is 4.97. The van der Waals surface area contributed by atoms with Gasteiger partial charge in [-0.2, -0.15) is 0 Å². The summed E-state index contributed by atoms with van der Waals surface area (Å²) in [4.78, 5) is 0. The van der Waals surface area contributed by atoms with Crippen molar-refractivity contribution in [2.45, 2.75) is 43.7 Å². The van der Waals surface area contributed by atoms with Gasteiger partial charge in [-0.15, -0.1) is 0 Å². The molecule has 0 saturated carbocycles. The van der Waals surface area contributed by atoms with Crippen LogP contribution in [-0.2, 0) is 14.2 Å². The van der Waals surface area contributed by atoms with Gasteiger partial charge in [-0.1, -0.05) is 0 Å². The maximum absolute atomic E-state index is 9.87. The molecular formula is C9H17NO5. The lowest BCUT2D eigenvalue weighted by molar-refractivity contribution is -0.300. The zero-order valence-electron chi connectivity index (χ0n) is 8.84. The molecule has 6 heteroatoms. The van der Waals surface area contributed by atoms with Crippen LogP contribution in [0.3, 0.4) is 0 Å². The third-order valence-corrected chi connectivity index (χ3v) is 2.78. The molecule has 1 unspecified atom stereocenters. The molecular weight excluding hydrogens is 202 g/mol. The fourth-order valence-electron chi connectivity index (χ4n) is 2.01. The van der Waals surface area contributed by atoms with Crippen LogP contribution in [0.25, 0.3) is 0 Å². The van der Waals surface area contributed by atoms with Gasteiger partial charge in [-0.25, -0.2) is 0 Å². The molecule has 0 aromatic carbocycles. The topological polar surface area (TPSA) is 94.2 Å². The van der Waals surface area contributed by atoms with Gasteiger partial charge in [-0.3, -0.25) is 0 Å². The largest absolute Gasteiger partial charge is 0.385 e. The van der Waals surface area contributed by atoms with Gasteiger partial charge in [0.05, 0.1) is 6.61 Å². The van der Waals surface area contributed by atoms with Crippen molar-refractivity contribution in [1.29, 1.82) is 0 Å². The van der Waals surface area contributed by atoms with Crippen LogP contribution in [0.5, 0.6) is 0 Å². The van der Waals surface area contributed by atoms with Gasteiger partial charge < -0.3 is 30.2 Å². The molecule has 0 bridgehead atoms. The highest BCUT2D eigenvalue weighted by Gasteiger charge is 2.55. The lowest BCUT2D eigenvalue weighted by Gasteiger charge is -2.40. The Hall–Kier alpha value is -0.240. The Labute approximate surface area is 87.9 Å². The van der Waals surface area contributed by atoms with E-state index in [4.69, 9.17) is 19.9 Å². The second kappa shape index (κ2) is 3.38. The molecule has 4 atom stereocenters. The van der Waals surface area contributed by atoms with Crippen LogP contribution < -0.4 is 5.73 Å². The maximum Gasteiger partial charge on any atom is 0.207 e. The normalized spacial score (nSPS) is 49.0. The summed E-state index contributed by atoms with van der Waals surface area (Å²) in [6, 6.07) is 0. The Balaban J connectivity index is 2.16. The summed E-state index contributed by atoms with van der Waals surface area (Å²) in [6.45, 7) is 3.49. The third-order valence-electron chi connectivity index (χ3n) is 2.78. The quantitative estimate of drug-likeness (QED) is 0.499. The van der Waals surface area contributed by atoms with Gasteiger partial charge in [0.2, 0.25) is 5.79 Å². The monoisotopic (exact) mass is 219 g/mol. The van der Waals surface area contributed by atoms with E-state index in [1.54, 1.807) is 13.8 Å². The second-order valence-corrected chi connectivity index (χ2v) is 4.44. The highest BCUT2D eigenvalue weighted by Crippen LogP contribution is 2.36. The number of rotatable bonds is 1. The van der Waals surface area contributed by atoms with Crippen molar-refractivity contribution in [3.63, 3.8) is 0 Å².